The molecule has 20 heavy (non-hydrogen) atoms. The van der Waals surface area contributed by atoms with Crippen LogP contribution in [0.5, 0.6) is 0 Å². The molecule has 0 aromatic heterocycles. The molecule has 7 heteroatoms. The summed E-state index contributed by atoms with van der Waals surface area (Å²) in [6, 6.07) is 7.50. The molecule has 2 aliphatic rings. The molecular formula is C13H12N2O4S. The van der Waals surface area contributed by atoms with Crippen LogP contribution in [0.15, 0.2) is 40.9 Å². The summed E-state index contributed by atoms with van der Waals surface area (Å²) in [6.45, 7) is 0. The van der Waals surface area contributed by atoms with Crippen molar-refractivity contribution in [3.05, 3.63) is 41.6 Å². The number of rotatable bonds is 2. The summed E-state index contributed by atoms with van der Waals surface area (Å²) in [7, 11) is 2.62. The molecule has 0 saturated heterocycles. The van der Waals surface area contributed by atoms with Crippen molar-refractivity contribution in [1.29, 1.82) is 0 Å². The zero-order chi connectivity index (χ0) is 14.3. The van der Waals surface area contributed by atoms with Crippen molar-refractivity contribution < 1.29 is 19.1 Å². The van der Waals surface area contributed by atoms with Crippen LogP contribution in [-0.4, -0.2) is 30.6 Å². The third-order valence-electron chi connectivity index (χ3n) is 3.28. The zero-order valence-electron chi connectivity index (χ0n) is 10.9. The van der Waals surface area contributed by atoms with Gasteiger partial charge < -0.3 is 14.9 Å². The van der Waals surface area contributed by atoms with Crippen molar-refractivity contribution in [3.63, 3.8) is 0 Å². The van der Waals surface area contributed by atoms with Gasteiger partial charge >= 0.3 is 11.9 Å². The van der Waals surface area contributed by atoms with Gasteiger partial charge in [-0.3, -0.25) is 0 Å². The smallest absolute Gasteiger partial charge is 0.355 e. The minimum Gasteiger partial charge on any atom is -0.467 e. The Bertz CT molecular complexity index is 631. The van der Waals surface area contributed by atoms with Crippen LogP contribution in [0.25, 0.3) is 0 Å². The molecule has 2 heterocycles. The quantitative estimate of drug-likeness (QED) is 0.643. The highest BCUT2D eigenvalue weighted by Crippen LogP contribution is 2.51. The largest absolute Gasteiger partial charge is 0.467 e. The van der Waals surface area contributed by atoms with Gasteiger partial charge in [0.1, 0.15) is 5.70 Å². The molecule has 0 amide bonds. The molecule has 0 bridgehead atoms. The van der Waals surface area contributed by atoms with E-state index in [1.54, 1.807) is 10.5 Å². The lowest BCUT2D eigenvalue weighted by Gasteiger charge is -2.26. The molecule has 1 unspecified atom stereocenters. The monoisotopic (exact) mass is 292 g/mol. The molecule has 3 rings (SSSR count). The second-order valence-electron chi connectivity index (χ2n) is 4.30. The standard InChI is InChI=1S/C13H12N2O4S/c1-18-11(16)9-7-13(12(17)19-2)8-5-3-4-6-10(8)20-15(13)14-9/h3-7,14H,1-2H3. The van der Waals surface area contributed by atoms with Crippen LogP contribution in [0, 0.1) is 0 Å². The van der Waals surface area contributed by atoms with Crippen LogP contribution in [0.4, 0.5) is 0 Å². The van der Waals surface area contributed by atoms with Crippen molar-refractivity contribution in [1.82, 2.24) is 9.84 Å². The van der Waals surface area contributed by atoms with Crippen LogP contribution >= 0.6 is 11.9 Å². The lowest BCUT2D eigenvalue weighted by Crippen LogP contribution is -2.45. The first-order valence-electron chi connectivity index (χ1n) is 5.87. The Kier molecular flexibility index (Phi) is 2.95. The molecule has 0 aliphatic carbocycles. The fourth-order valence-electron chi connectivity index (χ4n) is 2.36. The molecule has 0 radical (unpaired) electrons. The van der Waals surface area contributed by atoms with Gasteiger partial charge in [-0.1, -0.05) is 18.2 Å². The molecule has 0 saturated carbocycles. The number of carbonyl (C=O) groups excluding carboxylic acids is 2. The second kappa shape index (κ2) is 4.53. The van der Waals surface area contributed by atoms with Crippen molar-refractivity contribution in [3.8, 4) is 0 Å². The highest BCUT2D eigenvalue weighted by Gasteiger charge is 2.56. The number of hydrogen-bond acceptors (Lipinski definition) is 7. The Labute approximate surface area is 119 Å². The average Bonchev–Trinajstić information content (AvgIpc) is 2.99. The van der Waals surface area contributed by atoms with Gasteiger partial charge in [0.2, 0.25) is 0 Å². The molecule has 2 aliphatic heterocycles. The number of nitrogens with one attached hydrogen (secondary N) is 1. The first kappa shape index (κ1) is 13.0. The molecule has 1 N–H and O–H groups in total. The Morgan fingerprint density at radius 3 is 2.70 bits per heavy atom. The molecule has 6 nitrogen and oxygen atoms in total. The van der Waals surface area contributed by atoms with E-state index in [1.165, 1.54) is 26.2 Å². The first-order chi connectivity index (χ1) is 9.63. The van der Waals surface area contributed by atoms with Crippen molar-refractivity contribution in [2.45, 2.75) is 10.4 Å². The number of carbonyl (C=O) groups is 2. The van der Waals surface area contributed by atoms with E-state index in [0.717, 1.165) is 10.5 Å². The van der Waals surface area contributed by atoms with E-state index in [2.05, 4.69) is 10.2 Å². The van der Waals surface area contributed by atoms with Crippen LogP contribution in [0.2, 0.25) is 0 Å². The van der Waals surface area contributed by atoms with Gasteiger partial charge in [0, 0.05) is 10.5 Å². The van der Waals surface area contributed by atoms with E-state index >= 15 is 0 Å². The summed E-state index contributed by atoms with van der Waals surface area (Å²) in [4.78, 5) is 24.9. The van der Waals surface area contributed by atoms with E-state index in [-0.39, 0.29) is 5.70 Å². The van der Waals surface area contributed by atoms with Gasteiger partial charge in [-0.2, -0.15) is 0 Å². The highest BCUT2D eigenvalue weighted by molar-refractivity contribution is 7.97. The number of nitrogens with zero attached hydrogens (tertiary/aromatic N) is 1. The fraction of sp³-hybridized carbons (Fsp3) is 0.231. The lowest BCUT2D eigenvalue weighted by molar-refractivity contribution is -0.149. The maximum absolute atomic E-state index is 12.3. The predicted octanol–water partition coefficient (Wildman–Crippen LogP) is 0.953. The normalized spacial score (nSPS) is 23.4. The maximum atomic E-state index is 12.3. The number of esters is 2. The highest BCUT2D eigenvalue weighted by atomic mass is 32.2. The van der Waals surface area contributed by atoms with Crippen LogP contribution in [0.1, 0.15) is 5.56 Å². The molecular weight excluding hydrogens is 280 g/mol. The topological polar surface area (TPSA) is 67.9 Å². The van der Waals surface area contributed by atoms with Gasteiger partial charge in [0.25, 0.3) is 0 Å². The van der Waals surface area contributed by atoms with Crippen molar-refractivity contribution in [2.75, 3.05) is 14.2 Å². The van der Waals surface area contributed by atoms with Crippen molar-refractivity contribution in [2.24, 2.45) is 0 Å². The Morgan fingerprint density at radius 2 is 2.00 bits per heavy atom. The number of hydrogen-bond donors (Lipinski definition) is 1. The Morgan fingerprint density at radius 1 is 1.25 bits per heavy atom. The third-order valence-corrected chi connectivity index (χ3v) is 4.40. The van der Waals surface area contributed by atoms with Gasteiger partial charge in [-0.15, -0.1) is 4.41 Å². The Hall–Kier alpha value is -1.99. The van der Waals surface area contributed by atoms with Gasteiger partial charge in [-0.25, -0.2) is 9.59 Å². The van der Waals surface area contributed by atoms with E-state index in [4.69, 9.17) is 4.74 Å². The summed E-state index contributed by atoms with van der Waals surface area (Å²) in [5.74, 6) is -0.984. The van der Waals surface area contributed by atoms with Gasteiger partial charge in [0.05, 0.1) is 14.2 Å². The van der Waals surface area contributed by atoms with Crippen LogP contribution in [-0.2, 0) is 24.6 Å². The van der Waals surface area contributed by atoms with Crippen LogP contribution in [0.3, 0.4) is 0 Å². The second-order valence-corrected chi connectivity index (χ2v) is 5.29. The van der Waals surface area contributed by atoms with Gasteiger partial charge in [-0.05, 0) is 24.1 Å². The molecule has 0 fully saturated rings. The van der Waals surface area contributed by atoms with Crippen molar-refractivity contribution >= 4 is 23.9 Å². The summed E-state index contributed by atoms with van der Waals surface area (Å²) >= 11 is 1.34. The number of hydrazine groups is 1. The molecule has 0 spiro atoms. The number of fused-ring (bicyclic) bond motifs is 3. The molecule has 1 atom stereocenters. The predicted molar refractivity (Wildman–Crippen MR) is 71.1 cm³/mol. The summed E-state index contributed by atoms with van der Waals surface area (Å²) in [6.07, 6.45) is 1.55. The van der Waals surface area contributed by atoms with Gasteiger partial charge in [0.15, 0.2) is 5.54 Å². The number of benzene rings is 1. The van der Waals surface area contributed by atoms with E-state index in [0.29, 0.717) is 0 Å². The van der Waals surface area contributed by atoms with Crippen LogP contribution < -0.4 is 5.43 Å². The summed E-state index contributed by atoms with van der Waals surface area (Å²) in [5.41, 5.74) is 2.75. The minimum atomic E-state index is -1.14. The third kappa shape index (κ3) is 1.56. The van der Waals surface area contributed by atoms with E-state index in [9.17, 15) is 9.59 Å². The SMILES string of the molecule is COC(=O)C1=CC2(C(=O)OC)c3ccccc3SN2N1. The zero-order valence-corrected chi connectivity index (χ0v) is 11.7. The maximum Gasteiger partial charge on any atom is 0.355 e. The lowest BCUT2D eigenvalue weighted by atomic mass is 9.90. The summed E-state index contributed by atoms with van der Waals surface area (Å²) in [5, 5.41) is 0. The summed E-state index contributed by atoms with van der Waals surface area (Å²) < 4.78 is 11.2. The molecule has 1 aromatic rings. The van der Waals surface area contributed by atoms with E-state index in [1.807, 2.05) is 24.3 Å². The first-order valence-corrected chi connectivity index (χ1v) is 6.65. The molecule has 1 aromatic carbocycles. The minimum absolute atomic E-state index is 0.222. The fourth-order valence-corrected chi connectivity index (χ4v) is 3.53. The Balaban J connectivity index is 2.16. The molecule has 104 valence electrons. The number of ether oxygens (including phenoxy) is 2. The van der Waals surface area contributed by atoms with E-state index < -0.39 is 17.5 Å². The average molecular weight is 292 g/mol. The number of methoxy groups -OCH3 is 2.